The summed E-state index contributed by atoms with van der Waals surface area (Å²) in [4.78, 5) is 0. The lowest BCUT2D eigenvalue weighted by Crippen LogP contribution is -2.45. The third-order valence-corrected chi connectivity index (χ3v) is 3.17. The number of benzene rings is 2. The van der Waals surface area contributed by atoms with Gasteiger partial charge in [0.05, 0.1) is 6.04 Å². The van der Waals surface area contributed by atoms with Crippen LogP contribution in [0.25, 0.3) is 10.8 Å². The average Bonchev–Trinajstić information content (AvgIpc) is 2.28. The molecule has 0 saturated carbocycles. The molecule has 0 aliphatic heterocycles. The molecule has 2 aromatic carbocycles. The monoisotopic (exact) mass is 228 g/mol. The van der Waals surface area contributed by atoms with E-state index in [1.54, 1.807) is 0 Å². The highest BCUT2D eigenvalue weighted by molar-refractivity contribution is 5.86. The Hall–Kier alpha value is -1.38. The van der Waals surface area contributed by atoms with Gasteiger partial charge in [0.25, 0.3) is 0 Å². The van der Waals surface area contributed by atoms with Gasteiger partial charge in [-0.25, -0.2) is 0 Å². The van der Waals surface area contributed by atoms with Gasteiger partial charge >= 0.3 is 0 Å². The van der Waals surface area contributed by atoms with Gasteiger partial charge in [0, 0.05) is 5.54 Å². The molecule has 2 aromatic rings. The number of hydrogen-bond donors (Lipinski definition) is 2. The predicted octanol–water partition coefficient (Wildman–Crippen LogP) is 2.84. The maximum atomic E-state index is 6.25. The Kier molecular flexibility index (Phi) is 3.18. The minimum Gasteiger partial charge on any atom is -0.324 e. The van der Waals surface area contributed by atoms with Crippen molar-refractivity contribution in [2.24, 2.45) is 5.73 Å². The molecule has 3 N–H and O–H groups in total. The summed E-state index contributed by atoms with van der Waals surface area (Å²) in [5, 5.41) is 5.86. The number of nitrogens with two attached hydrogens (primary N) is 1. The van der Waals surface area contributed by atoms with E-state index < -0.39 is 0 Å². The molecule has 0 aliphatic carbocycles. The van der Waals surface area contributed by atoms with Crippen LogP contribution in [0.5, 0.6) is 0 Å². The SMILES string of the molecule is CNC(c1cccc2ccccc12)C(C)(C)N. The van der Waals surface area contributed by atoms with Crippen molar-refractivity contribution in [1.29, 1.82) is 0 Å². The van der Waals surface area contributed by atoms with Gasteiger partial charge in [-0.05, 0) is 37.2 Å². The Bertz CT molecular complexity index is 506. The fourth-order valence-electron chi connectivity index (χ4n) is 2.43. The molecule has 0 fully saturated rings. The van der Waals surface area contributed by atoms with Crippen LogP contribution in [-0.4, -0.2) is 12.6 Å². The zero-order valence-electron chi connectivity index (χ0n) is 10.7. The van der Waals surface area contributed by atoms with Crippen molar-refractivity contribution in [2.75, 3.05) is 7.05 Å². The van der Waals surface area contributed by atoms with Gasteiger partial charge in [-0.3, -0.25) is 0 Å². The van der Waals surface area contributed by atoms with Crippen LogP contribution >= 0.6 is 0 Å². The molecule has 0 aromatic heterocycles. The van der Waals surface area contributed by atoms with Crippen LogP contribution in [0.4, 0.5) is 0 Å². The molecule has 0 amide bonds. The first-order valence-corrected chi connectivity index (χ1v) is 5.98. The number of hydrogen-bond acceptors (Lipinski definition) is 2. The number of fused-ring (bicyclic) bond motifs is 1. The summed E-state index contributed by atoms with van der Waals surface area (Å²) in [7, 11) is 1.96. The summed E-state index contributed by atoms with van der Waals surface area (Å²) >= 11 is 0. The molecule has 2 nitrogen and oxygen atoms in total. The Labute approximate surface area is 103 Å². The molecular formula is C15H20N2. The van der Waals surface area contributed by atoms with Gasteiger partial charge in [-0.15, -0.1) is 0 Å². The molecule has 0 spiro atoms. The molecule has 0 heterocycles. The van der Waals surface area contributed by atoms with Crippen molar-refractivity contribution in [2.45, 2.75) is 25.4 Å². The standard InChI is InChI=1S/C15H20N2/c1-15(2,16)14(17-3)13-10-6-8-11-7-4-5-9-12(11)13/h4-10,14,17H,16H2,1-3H3. The largest absolute Gasteiger partial charge is 0.324 e. The smallest absolute Gasteiger partial charge is 0.0501 e. The molecule has 0 radical (unpaired) electrons. The third-order valence-electron chi connectivity index (χ3n) is 3.17. The van der Waals surface area contributed by atoms with Gasteiger partial charge in [0.1, 0.15) is 0 Å². The Morgan fingerprint density at radius 1 is 1.06 bits per heavy atom. The topological polar surface area (TPSA) is 38.0 Å². The summed E-state index contributed by atoms with van der Waals surface area (Å²) < 4.78 is 0. The number of nitrogens with one attached hydrogen (secondary N) is 1. The van der Waals surface area contributed by atoms with E-state index in [4.69, 9.17) is 5.73 Å². The first-order chi connectivity index (χ1) is 8.04. The van der Waals surface area contributed by atoms with E-state index in [9.17, 15) is 0 Å². The second-order valence-corrected chi connectivity index (χ2v) is 5.11. The molecule has 0 bridgehead atoms. The first-order valence-electron chi connectivity index (χ1n) is 5.98. The highest BCUT2D eigenvalue weighted by Crippen LogP contribution is 2.29. The van der Waals surface area contributed by atoms with Crippen molar-refractivity contribution in [1.82, 2.24) is 5.32 Å². The van der Waals surface area contributed by atoms with E-state index in [-0.39, 0.29) is 11.6 Å². The zero-order chi connectivity index (χ0) is 12.5. The van der Waals surface area contributed by atoms with Crippen molar-refractivity contribution in [3.05, 3.63) is 48.0 Å². The van der Waals surface area contributed by atoms with E-state index in [0.29, 0.717) is 0 Å². The third kappa shape index (κ3) is 2.33. The normalized spacial score (nSPS) is 13.9. The van der Waals surface area contributed by atoms with Crippen LogP contribution in [0.15, 0.2) is 42.5 Å². The van der Waals surface area contributed by atoms with Crippen LogP contribution in [0.2, 0.25) is 0 Å². The van der Waals surface area contributed by atoms with Crippen LogP contribution in [0.3, 0.4) is 0 Å². The van der Waals surface area contributed by atoms with E-state index in [1.807, 2.05) is 7.05 Å². The summed E-state index contributed by atoms with van der Waals surface area (Å²) in [5.41, 5.74) is 7.22. The van der Waals surface area contributed by atoms with Crippen LogP contribution in [0.1, 0.15) is 25.5 Å². The summed E-state index contributed by atoms with van der Waals surface area (Å²) in [6, 6.07) is 14.9. The maximum Gasteiger partial charge on any atom is 0.0501 e. The van der Waals surface area contributed by atoms with E-state index in [2.05, 4.69) is 61.6 Å². The van der Waals surface area contributed by atoms with Crippen molar-refractivity contribution in [3.63, 3.8) is 0 Å². The number of likely N-dealkylation sites (N-methyl/N-ethyl adjacent to an activating group) is 1. The fourth-order valence-corrected chi connectivity index (χ4v) is 2.43. The molecule has 17 heavy (non-hydrogen) atoms. The van der Waals surface area contributed by atoms with Gasteiger partial charge in [-0.2, -0.15) is 0 Å². The molecule has 0 aliphatic rings. The Morgan fingerprint density at radius 2 is 1.71 bits per heavy atom. The van der Waals surface area contributed by atoms with Gasteiger partial charge < -0.3 is 11.1 Å². The molecule has 1 atom stereocenters. The molecule has 2 heteroatoms. The van der Waals surface area contributed by atoms with Crippen LogP contribution in [-0.2, 0) is 0 Å². The Morgan fingerprint density at radius 3 is 2.35 bits per heavy atom. The fraction of sp³-hybridized carbons (Fsp3) is 0.333. The van der Waals surface area contributed by atoms with Gasteiger partial charge in [0.2, 0.25) is 0 Å². The molecule has 0 saturated heterocycles. The van der Waals surface area contributed by atoms with Crippen molar-refractivity contribution < 1.29 is 0 Å². The summed E-state index contributed by atoms with van der Waals surface area (Å²) in [6.45, 7) is 4.10. The van der Waals surface area contributed by atoms with E-state index in [1.165, 1.54) is 16.3 Å². The first kappa shape index (κ1) is 12.1. The highest BCUT2D eigenvalue weighted by atomic mass is 14.9. The summed E-state index contributed by atoms with van der Waals surface area (Å²) in [5.74, 6) is 0. The van der Waals surface area contributed by atoms with E-state index in [0.717, 1.165) is 0 Å². The van der Waals surface area contributed by atoms with Crippen molar-refractivity contribution in [3.8, 4) is 0 Å². The van der Waals surface area contributed by atoms with Gasteiger partial charge in [-0.1, -0.05) is 42.5 Å². The quantitative estimate of drug-likeness (QED) is 0.847. The molecular weight excluding hydrogens is 208 g/mol. The lowest BCUT2D eigenvalue weighted by molar-refractivity contribution is 0.372. The van der Waals surface area contributed by atoms with Crippen LogP contribution in [0, 0.1) is 0 Å². The minimum absolute atomic E-state index is 0.147. The zero-order valence-corrected chi connectivity index (χ0v) is 10.7. The lowest BCUT2D eigenvalue weighted by Gasteiger charge is -2.31. The molecule has 90 valence electrons. The average molecular weight is 228 g/mol. The summed E-state index contributed by atoms with van der Waals surface area (Å²) in [6.07, 6.45) is 0. The second kappa shape index (κ2) is 4.47. The predicted molar refractivity (Wildman–Crippen MR) is 74.0 cm³/mol. The maximum absolute atomic E-state index is 6.25. The van der Waals surface area contributed by atoms with Crippen LogP contribution < -0.4 is 11.1 Å². The minimum atomic E-state index is -0.293. The highest BCUT2D eigenvalue weighted by Gasteiger charge is 2.26. The molecule has 2 rings (SSSR count). The van der Waals surface area contributed by atoms with Gasteiger partial charge in [0.15, 0.2) is 0 Å². The van der Waals surface area contributed by atoms with E-state index >= 15 is 0 Å². The van der Waals surface area contributed by atoms with Crippen molar-refractivity contribution >= 4 is 10.8 Å². The number of rotatable bonds is 3. The second-order valence-electron chi connectivity index (χ2n) is 5.11. The molecule has 1 unspecified atom stereocenters. The Balaban J connectivity index is 2.62. The lowest BCUT2D eigenvalue weighted by atomic mass is 9.87.